The van der Waals surface area contributed by atoms with Crippen molar-refractivity contribution in [3.05, 3.63) is 40.0 Å². The van der Waals surface area contributed by atoms with Gasteiger partial charge in [-0.05, 0) is 25.1 Å². The number of rotatable bonds is 3. The van der Waals surface area contributed by atoms with E-state index in [-0.39, 0.29) is 10.6 Å². The zero-order chi connectivity index (χ0) is 14.9. The average Bonchev–Trinajstić information content (AvgIpc) is 2.63. The van der Waals surface area contributed by atoms with Crippen molar-refractivity contribution < 1.29 is 9.90 Å². The van der Waals surface area contributed by atoms with Crippen molar-refractivity contribution >= 4 is 29.1 Å². The molecule has 0 spiro atoms. The highest BCUT2D eigenvalue weighted by Crippen LogP contribution is 2.26. The van der Waals surface area contributed by atoms with Crippen LogP contribution in [-0.4, -0.2) is 20.9 Å². The van der Waals surface area contributed by atoms with Crippen LogP contribution in [-0.2, 0) is 7.05 Å². The fourth-order valence-corrected chi connectivity index (χ4v) is 2.10. The fourth-order valence-electron chi connectivity index (χ4n) is 1.84. The summed E-state index contributed by atoms with van der Waals surface area (Å²) in [5.41, 5.74) is 1.66. The van der Waals surface area contributed by atoms with Crippen LogP contribution in [0.4, 0.5) is 11.5 Å². The predicted molar refractivity (Wildman–Crippen MR) is 74.4 cm³/mol. The second kappa shape index (κ2) is 5.23. The van der Waals surface area contributed by atoms with Crippen LogP contribution >= 0.6 is 11.6 Å². The Morgan fingerprint density at radius 2 is 2.25 bits per heavy atom. The molecule has 2 rings (SSSR count). The van der Waals surface area contributed by atoms with Crippen molar-refractivity contribution in [2.45, 2.75) is 6.92 Å². The van der Waals surface area contributed by atoms with E-state index in [4.69, 9.17) is 22.0 Å². The van der Waals surface area contributed by atoms with E-state index < -0.39 is 5.97 Å². The van der Waals surface area contributed by atoms with Crippen molar-refractivity contribution in [3.8, 4) is 6.07 Å². The minimum atomic E-state index is -1.09. The summed E-state index contributed by atoms with van der Waals surface area (Å²) < 4.78 is 1.55. The zero-order valence-corrected chi connectivity index (χ0v) is 11.6. The monoisotopic (exact) mass is 290 g/mol. The van der Waals surface area contributed by atoms with Gasteiger partial charge in [0.05, 0.1) is 16.3 Å². The number of hydrogen-bond donors (Lipinski definition) is 2. The SMILES string of the molecule is Cc1nn(C)c(Nc2ccc(C(=O)O)c(Cl)c2)c1C#N. The summed E-state index contributed by atoms with van der Waals surface area (Å²) in [6, 6.07) is 6.56. The second-order valence-electron chi connectivity index (χ2n) is 4.17. The topological polar surface area (TPSA) is 90.9 Å². The van der Waals surface area contributed by atoms with Gasteiger partial charge in [0.15, 0.2) is 0 Å². The van der Waals surface area contributed by atoms with Gasteiger partial charge in [-0.2, -0.15) is 10.4 Å². The number of aromatic nitrogens is 2. The number of aryl methyl sites for hydroxylation is 2. The molecule has 0 amide bonds. The summed E-state index contributed by atoms with van der Waals surface area (Å²) in [5, 5.41) is 25.3. The molecule has 0 unspecified atom stereocenters. The van der Waals surface area contributed by atoms with E-state index in [9.17, 15) is 4.79 Å². The summed E-state index contributed by atoms with van der Waals surface area (Å²) in [4.78, 5) is 10.9. The first-order valence-corrected chi connectivity index (χ1v) is 6.05. The van der Waals surface area contributed by atoms with E-state index in [1.807, 2.05) is 0 Å². The lowest BCUT2D eigenvalue weighted by Gasteiger charge is -2.08. The average molecular weight is 291 g/mol. The molecule has 0 fully saturated rings. The first kappa shape index (κ1) is 13.9. The highest BCUT2D eigenvalue weighted by molar-refractivity contribution is 6.33. The Bertz CT molecular complexity index is 731. The molecule has 0 aliphatic heterocycles. The first-order valence-electron chi connectivity index (χ1n) is 5.67. The van der Waals surface area contributed by atoms with Crippen molar-refractivity contribution in [1.29, 1.82) is 5.26 Å². The van der Waals surface area contributed by atoms with Gasteiger partial charge >= 0.3 is 5.97 Å². The highest BCUT2D eigenvalue weighted by atomic mass is 35.5. The molecule has 102 valence electrons. The Hall–Kier alpha value is -2.52. The van der Waals surface area contributed by atoms with E-state index in [0.29, 0.717) is 22.8 Å². The molecule has 20 heavy (non-hydrogen) atoms. The molecule has 1 heterocycles. The van der Waals surface area contributed by atoms with Crippen LogP contribution in [0.3, 0.4) is 0 Å². The van der Waals surface area contributed by atoms with Crippen LogP contribution in [0.2, 0.25) is 5.02 Å². The van der Waals surface area contributed by atoms with Crippen molar-refractivity contribution in [1.82, 2.24) is 9.78 Å². The van der Waals surface area contributed by atoms with Crippen LogP contribution in [0.5, 0.6) is 0 Å². The van der Waals surface area contributed by atoms with Crippen molar-refractivity contribution in [3.63, 3.8) is 0 Å². The predicted octanol–water partition coefficient (Wildman–Crippen LogP) is 2.70. The Morgan fingerprint density at radius 1 is 1.55 bits per heavy atom. The van der Waals surface area contributed by atoms with Gasteiger partial charge in [0.25, 0.3) is 0 Å². The number of carboxylic acids is 1. The summed E-state index contributed by atoms with van der Waals surface area (Å²) in [6.07, 6.45) is 0. The third-order valence-electron chi connectivity index (χ3n) is 2.80. The number of hydrogen-bond acceptors (Lipinski definition) is 4. The quantitative estimate of drug-likeness (QED) is 0.907. The van der Waals surface area contributed by atoms with Gasteiger partial charge in [0.1, 0.15) is 17.5 Å². The van der Waals surface area contributed by atoms with Gasteiger partial charge in [0, 0.05) is 12.7 Å². The number of anilines is 2. The Morgan fingerprint density at radius 3 is 2.80 bits per heavy atom. The van der Waals surface area contributed by atoms with Gasteiger partial charge in [-0.25, -0.2) is 4.79 Å². The van der Waals surface area contributed by atoms with Gasteiger partial charge in [-0.15, -0.1) is 0 Å². The van der Waals surface area contributed by atoms with E-state index in [2.05, 4.69) is 16.5 Å². The Kier molecular flexibility index (Phi) is 3.63. The summed E-state index contributed by atoms with van der Waals surface area (Å²) in [7, 11) is 1.71. The maximum absolute atomic E-state index is 10.9. The number of nitriles is 1. The molecule has 0 aliphatic rings. The lowest BCUT2D eigenvalue weighted by atomic mass is 10.2. The Balaban J connectivity index is 2.39. The minimum absolute atomic E-state index is 0.0268. The van der Waals surface area contributed by atoms with E-state index in [1.165, 1.54) is 12.1 Å². The fraction of sp³-hybridized carbons (Fsp3) is 0.154. The first-order chi connectivity index (χ1) is 9.43. The van der Waals surface area contributed by atoms with Gasteiger partial charge in [-0.3, -0.25) is 4.68 Å². The Labute approximate surface area is 120 Å². The van der Waals surface area contributed by atoms with Crippen LogP contribution in [0.15, 0.2) is 18.2 Å². The normalized spacial score (nSPS) is 10.1. The van der Waals surface area contributed by atoms with Gasteiger partial charge < -0.3 is 10.4 Å². The molecule has 0 bridgehead atoms. The molecular formula is C13H11ClN4O2. The molecule has 0 radical (unpaired) electrons. The van der Waals surface area contributed by atoms with Crippen LogP contribution < -0.4 is 5.32 Å². The number of carbonyl (C=O) groups is 1. The lowest BCUT2D eigenvalue weighted by molar-refractivity contribution is 0.0697. The summed E-state index contributed by atoms with van der Waals surface area (Å²) >= 11 is 5.90. The third kappa shape index (κ3) is 2.44. The van der Waals surface area contributed by atoms with E-state index in [1.54, 1.807) is 24.7 Å². The summed E-state index contributed by atoms with van der Waals surface area (Å²) in [6.45, 7) is 1.74. The smallest absolute Gasteiger partial charge is 0.337 e. The largest absolute Gasteiger partial charge is 0.478 e. The molecule has 0 saturated carbocycles. The van der Waals surface area contributed by atoms with Gasteiger partial charge in [-0.1, -0.05) is 11.6 Å². The lowest BCUT2D eigenvalue weighted by Crippen LogP contribution is -2.02. The molecular weight excluding hydrogens is 280 g/mol. The van der Waals surface area contributed by atoms with E-state index >= 15 is 0 Å². The molecule has 6 nitrogen and oxygen atoms in total. The third-order valence-corrected chi connectivity index (χ3v) is 3.11. The highest BCUT2D eigenvalue weighted by Gasteiger charge is 2.14. The number of aromatic carboxylic acids is 1. The molecule has 0 aliphatic carbocycles. The summed E-state index contributed by atoms with van der Waals surface area (Å²) in [5.74, 6) is -0.556. The number of halogens is 1. The number of nitrogens with one attached hydrogen (secondary N) is 1. The van der Waals surface area contributed by atoms with E-state index in [0.717, 1.165) is 0 Å². The number of benzene rings is 1. The second-order valence-corrected chi connectivity index (χ2v) is 4.58. The zero-order valence-electron chi connectivity index (χ0n) is 10.8. The van der Waals surface area contributed by atoms with Crippen LogP contribution in [0, 0.1) is 18.3 Å². The minimum Gasteiger partial charge on any atom is -0.478 e. The number of carboxylic acid groups (broad SMARTS) is 1. The maximum atomic E-state index is 10.9. The molecule has 0 atom stereocenters. The molecule has 7 heteroatoms. The van der Waals surface area contributed by atoms with Crippen LogP contribution in [0.1, 0.15) is 21.6 Å². The standard InChI is InChI=1S/C13H11ClN4O2/c1-7-10(6-15)12(18(2)17-7)16-8-3-4-9(13(19)20)11(14)5-8/h3-5,16H,1-2H3,(H,19,20). The molecule has 1 aromatic heterocycles. The molecule has 0 saturated heterocycles. The van der Waals surface area contributed by atoms with Gasteiger partial charge in [0.2, 0.25) is 0 Å². The van der Waals surface area contributed by atoms with Crippen molar-refractivity contribution in [2.24, 2.45) is 7.05 Å². The van der Waals surface area contributed by atoms with Crippen molar-refractivity contribution in [2.75, 3.05) is 5.32 Å². The molecule has 2 N–H and O–H groups in total. The maximum Gasteiger partial charge on any atom is 0.337 e. The number of nitrogens with zero attached hydrogens (tertiary/aromatic N) is 3. The molecule has 2 aromatic rings. The van der Waals surface area contributed by atoms with Crippen LogP contribution in [0.25, 0.3) is 0 Å². The molecule has 1 aromatic carbocycles.